The van der Waals surface area contributed by atoms with Gasteiger partial charge in [0.2, 0.25) is 0 Å². The lowest BCUT2D eigenvalue weighted by atomic mass is 9.62. The van der Waals surface area contributed by atoms with Crippen molar-refractivity contribution in [3.8, 4) is 0 Å². The van der Waals surface area contributed by atoms with Gasteiger partial charge in [-0.1, -0.05) is 25.1 Å². The average molecular weight is 324 g/mol. The highest BCUT2D eigenvalue weighted by Gasteiger charge is 2.76. The highest BCUT2D eigenvalue weighted by molar-refractivity contribution is 6.01. The van der Waals surface area contributed by atoms with E-state index in [-0.39, 0.29) is 35.6 Å². The molecule has 1 N–H and O–H groups in total. The van der Waals surface area contributed by atoms with Crippen LogP contribution in [-0.2, 0) is 10.2 Å². The molecule has 1 aliphatic carbocycles. The summed E-state index contributed by atoms with van der Waals surface area (Å²) in [6.07, 6.45) is 2.59. The van der Waals surface area contributed by atoms with Gasteiger partial charge in [-0.25, -0.2) is 0 Å². The summed E-state index contributed by atoms with van der Waals surface area (Å²) in [5.74, 6) is 1.26. The van der Waals surface area contributed by atoms with Crippen molar-refractivity contribution in [3.05, 3.63) is 29.8 Å². The maximum Gasteiger partial charge on any atom is 0.150 e. The standard InChI is InChI=1S/C20H24N2O2/c1-3-10-11-8-14-17-20(12-6-4-5-7-13(12)21(17)2)9-15(16(11)18(20)23)22(14)19(10)24/h4-7,10-11,14-17,19,24H,3,8-9H2,1-2H3/t10-,11-,14?,15-,16-,17-,19+,20?/m0/s1. The fraction of sp³-hybridized carbons (Fsp3) is 0.650. The highest BCUT2D eigenvalue weighted by Crippen LogP contribution is 2.67. The highest BCUT2D eigenvalue weighted by atomic mass is 16.3. The van der Waals surface area contributed by atoms with Crippen molar-refractivity contribution in [2.24, 2.45) is 17.8 Å². The lowest BCUT2D eigenvalue weighted by Gasteiger charge is -2.62. The Morgan fingerprint density at radius 3 is 2.88 bits per heavy atom. The fourth-order valence-electron chi connectivity index (χ4n) is 7.57. The third-order valence-electron chi connectivity index (χ3n) is 8.19. The predicted molar refractivity (Wildman–Crippen MR) is 90.7 cm³/mol. The normalized spacial score (nSPS) is 52.8. The number of likely N-dealkylation sites (N-methyl/N-ethyl adjacent to an activating group) is 1. The number of ketones is 1. The lowest BCUT2D eigenvalue weighted by molar-refractivity contribution is -0.207. The number of hydrogen-bond donors (Lipinski definition) is 1. The Balaban J connectivity index is 1.61. The number of nitrogens with zero attached hydrogens (tertiary/aromatic N) is 2. The molecule has 4 heteroatoms. The molecule has 1 spiro atoms. The molecule has 0 amide bonds. The molecule has 6 aliphatic rings. The zero-order valence-electron chi connectivity index (χ0n) is 14.2. The van der Waals surface area contributed by atoms with E-state index in [1.165, 1.54) is 11.3 Å². The number of hydrogen-bond acceptors (Lipinski definition) is 4. The molecule has 4 saturated heterocycles. The number of carbonyl (C=O) groups is 1. The van der Waals surface area contributed by atoms with Crippen molar-refractivity contribution in [3.63, 3.8) is 0 Å². The number of anilines is 1. The van der Waals surface area contributed by atoms with Gasteiger partial charge in [0.15, 0.2) is 5.78 Å². The van der Waals surface area contributed by atoms with Crippen molar-refractivity contribution in [1.82, 2.24) is 4.90 Å². The van der Waals surface area contributed by atoms with Gasteiger partial charge >= 0.3 is 0 Å². The Bertz CT molecular complexity index is 764. The number of aliphatic hydroxyl groups is 1. The van der Waals surface area contributed by atoms with E-state index >= 15 is 0 Å². The van der Waals surface area contributed by atoms with Crippen molar-refractivity contribution in [2.45, 2.75) is 56.0 Å². The van der Waals surface area contributed by atoms with Crippen LogP contribution in [-0.4, -0.2) is 47.2 Å². The second kappa shape index (κ2) is 4.05. The molecule has 5 heterocycles. The summed E-state index contributed by atoms with van der Waals surface area (Å²) in [4.78, 5) is 18.5. The average Bonchev–Trinajstić information content (AvgIpc) is 2.97. The first-order valence-electron chi connectivity index (χ1n) is 9.43. The molecule has 126 valence electrons. The topological polar surface area (TPSA) is 43.8 Å². The van der Waals surface area contributed by atoms with E-state index in [1.807, 2.05) is 0 Å². The van der Waals surface area contributed by atoms with Crippen LogP contribution in [0.15, 0.2) is 24.3 Å². The SMILES string of the molecule is CC[C@H]1[C@@H]2CC3[C@@H]4N(C)c5ccccc5C45C[C@@H]([C@H]2C5=O)N3[C@@H]1O. The van der Waals surface area contributed by atoms with E-state index in [1.54, 1.807) is 0 Å². The Kier molecular flexibility index (Phi) is 2.34. The fourth-order valence-corrected chi connectivity index (χ4v) is 7.57. The number of rotatable bonds is 1. The first kappa shape index (κ1) is 13.9. The summed E-state index contributed by atoms with van der Waals surface area (Å²) < 4.78 is 0. The first-order chi connectivity index (χ1) is 11.6. The molecule has 1 saturated carbocycles. The summed E-state index contributed by atoms with van der Waals surface area (Å²) in [6, 6.07) is 9.27. The minimum atomic E-state index is -0.360. The Morgan fingerprint density at radius 2 is 2.08 bits per heavy atom. The minimum Gasteiger partial charge on any atom is -0.378 e. The van der Waals surface area contributed by atoms with Crippen LogP contribution < -0.4 is 4.90 Å². The number of carbonyl (C=O) groups excluding carboxylic acids is 1. The van der Waals surface area contributed by atoms with Crippen molar-refractivity contribution in [1.29, 1.82) is 0 Å². The van der Waals surface area contributed by atoms with E-state index in [2.05, 4.69) is 48.0 Å². The zero-order chi connectivity index (χ0) is 16.4. The molecule has 5 fully saturated rings. The minimum absolute atomic E-state index is 0.138. The second-order valence-corrected chi connectivity index (χ2v) is 8.61. The second-order valence-electron chi connectivity index (χ2n) is 8.61. The number of piperidine rings is 4. The van der Waals surface area contributed by atoms with Gasteiger partial charge in [-0.3, -0.25) is 9.69 Å². The molecular weight excluding hydrogens is 300 g/mol. The van der Waals surface area contributed by atoms with Gasteiger partial charge in [0, 0.05) is 36.7 Å². The third kappa shape index (κ3) is 1.16. The van der Waals surface area contributed by atoms with Crippen LogP contribution in [0.2, 0.25) is 0 Å². The van der Waals surface area contributed by atoms with E-state index in [0.717, 1.165) is 19.3 Å². The molecule has 5 aliphatic heterocycles. The molecule has 24 heavy (non-hydrogen) atoms. The molecule has 7 rings (SSSR count). The predicted octanol–water partition coefficient (Wildman–Crippen LogP) is 1.76. The maximum absolute atomic E-state index is 13.8. The Hall–Kier alpha value is -1.39. The maximum atomic E-state index is 13.8. The summed E-state index contributed by atoms with van der Waals surface area (Å²) in [5.41, 5.74) is 2.16. The van der Waals surface area contributed by atoms with E-state index < -0.39 is 0 Å². The molecule has 3 unspecified atom stereocenters. The Morgan fingerprint density at radius 1 is 1.29 bits per heavy atom. The molecule has 9 atom stereocenters. The van der Waals surface area contributed by atoms with Gasteiger partial charge < -0.3 is 10.0 Å². The quantitative estimate of drug-likeness (QED) is 0.855. The molecule has 1 aromatic rings. The Labute approximate surface area is 142 Å². The number of aliphatic hydroxyl groups excluding tert-OH is 1. The summed E-state index contributed by atoms with van der Waals surface area (Å²) >= 11 is 0. The molecule has 4 nitrogen and oxygen atoms in total. The smallest absolute Gasteiger partial charge is 0.150 e. The number of benzene rings is 1. The molecule has 5 bridgehead atoms. The van der Waals surface area contributed by atoms with E-state index in [9.17, 15) is 9.90 Å². The molecule has 0 radical (unpaired) electrons. The van der Waals surface area contributed by atoms with Crippen molar-refractivity contribution in [2.75, 3.05) is 11.9 Å². The van der Waals surface area contributed by atoms with Gasteiger partial charge in [0.1, 0.15) is 6.23 Å². The third-order valence-corrected chi connectivity index (χ3v) is 8.19. The van der Waals surface area contributed by atoms with Crippen molar-refractivity contribution < 1.29 is 9.90 Å². The van der Waals surface area contributed by atoms with Crippen LogP contribution in [0.3, 0.4) is 0 Å². The van der Waals surface area contributed by atoms with Crippen LogP contribution in [0.4, 0.5) is 5.69 Å². The van der Waals surface area contributed by atoms with Crippen LogP contribution in [0, 0.1) is 17.8 Å². The van der Waals surface area contributed by atoms with Gasteiger partial charge in [-0.15, -0.1) is 0 Å². The van der Waals surface area contributed by atoms with Crippen molar-refractivity contribution >= 4 is 11.5 Å². The van der Waals surface area contributed by atoms with Gasteiger partial charge in [0.25, 0.3) is 0 Å². The van der Waals surface area contributed by atoms with E-state index in [4.69, 9.17) is 0 Å². The molecular formula is C20H24N2O2. The summed E-state index contributed by atoms with van der Waals surface area (Å²) in [7, 11) is 2.15. The molecule has 1 aromatic carbocycles. The van der Waals surface area contributed by atoms with Crippen LogP contribution >= 0.6 is 0 Å². The van der Waals surface area contributed by atoms with Crippen LogP contribution in [0.25, 0.3) is 0 Å². The largest absolute Gasteiger partial charge is 0.378 e. The van der Waals surface area contributed by atoms with Gasteiger partial charge in [-0.05, 0) is 36.8 Å². The number of Topliss-reactive ketones (excluding diaryl/α,β-unsaturated/α-hetero) is 1. The number of fused-ring (bicyclic) bond motifs is 2. The lowest BCUT2D eigenvalue weighted by Crippen LogP contribution is -2.72. The monoisotopic (exact) mass is 324 g/mol. The van der Waals surface area contributed by atoms with E-state index in [0.29, 0.717) is 17.7 Å². The zero-order valence-corrected chi connectivity index (χ0v) is 14.2. The summed E-state index contributed by atoms with van der Waals surface area (Å²) in [6.45, 7) is 2.16. The summed E-state index contributed by atoms with van der Waals surface area (Å²) in [5, 5.41) is 11.0. The van der Waals surface area contributed by atoms with Crippen LogP contribution in [0.5, 0.6) is 0 Å². The molecule has 0 aromatic heterocycles. The van der Waals surface area contributed by atoms with Crippen LogP contribution in [0.1, 0.15) is 31.7 Å². The van der Waals surface area contributed by atoms with Gasteiger partial charge in [-0.2, -0.15) is 0 Å². The number of para-hydroxylation sites is 1. The van der Waals surface area contributed by atoms with Gasteiger partial charge in [0.05, 0.1) is 11.5 Å². The first-order valence-corrected chi connectivity index (χ1v) is 9.43.